The number of aliphatic hydroxyl groups is 1. The summed E-state index contributed by atoms with van der Waals surface area (Å²) in [5.74, 6) is -2.12. The third-order valence-electron chi connectivity index (χ3n) is 11.8. The number of benzene rings is 3. The fourth-order valence-corrected chi connectivity index (χ4v) is 9.66. The molecule has 0 radical (unpaired) electrons. The molecule has 2 fully saturated rings. The average Bonchev–Trinajstić information content (AvgIpc) is 3.97. The Hall–Kier alpha value is -5.37. The van der Waals surface area contributed by atoms with Crippen molar-refractivity contribution in [3.63, 3.8) is 0 Å². The number of hydrogen-bond acceptors (Lipinski definition) is 12. The second kappa shape index (κ2) is 23.5. The lowest BCUT2D eigenvalue weighted by Gasteiger charge is -2.35. The second-order valence-electron chi connectivity index (χ2n) is 18.5. The number of nitrogens with one attached hydrogen (secondary N) is 2. The fourth-order valence-electron chi connectivity index (χ4n) is 8.10. The van der Waals surface area contributed by atoms with E-state index in [-0.39, 0.29) is 62.0 Å². The van der Waals surface area contributed by atoms with Gasteiger partial charge in [0, 0.05) is 69.9 Å². The molecule has 3 N–H and O–H groups in total. The first-order chi connectivity index (χ1) is 32.8. The van der Waals surface area contributed by atoms with Gasteiger partial charge in [-0.2, -0.15) is 0 Å². The van der Waals surface area contributed by atoms with Gasteiger partial charge in [-0.3, -0.25) is 29.1 Å². The molecule has 6 rings (SSSR count). The van der Waals surface area contributed by atoms with Crippen molar-refractivity contribution in [2.45, 2.75) is 97.5 Å². The van der Waals surface area contributed by atoms with Crippen LogP contribution in [0.1, 0.15) is 77.1 Å². The third kappa shape index (κ3) is 13.1. The molecule has 19 heteroatoms. The average molecular weight is 1010 g/mol. The Balaban J connectivity index is 0.870. The summed E-state index contributed by atoms with van der Waals surface area (Å²) in [5.41, 5.74) is 4.47. The molecule has 4 aromatic rings. The normalized spacial score (nSPS) is 17.5. The van der Waals surface area contributed by atoms with Gasteiger partial charge in [0.2, 0.25) is 17.7 Å². The number of aliphatic hydroxyl groups excluding tert-OH is 1. The number of β-amino-alcohol motifs (C(OH)–C–C–N with tert-alkyl or cyclic N) is 1. The molecule has 0 aliphatic carbocycles. The van der Waals surface area contributed by atoms with Gasteiger partial charge in [0.15, 0.2) is 16.7 Å². The minimum Gasteiger partial charge on any atom is -0.491 e. The molecule has 0 saturated carbocycles. The lowest BCUT2D eigenvalue weighted by molar-refractivity contribution is -0.144. The first-order valence-corrected chi connectivity index (χ1v) is 24.5. The summed E-state index contributed by atoms with van der Waals surface area (Å²) in [6, 6.07) is 15.6. The Labute approximate surface area is 417 Å². The number of aromatic nitrogens is 1. The number of thiazole rings is 1. The highest BCUT2D eigenvalue weighted by atomic mass is 35.5. The largest absolute Gasteiger partial charge is 0.491 e. The fraction of sp³-hybridized carbons (Fsp3) is 0.460. The Morgan fingerprint density at radius 2 is 1.72 bits per heavy atom. The molecule has 370 valence electrons. The number of thiocarbonyl (C=S) groups is 1. The van der Waals surface area contributed by atoms with E-state index in [1.54, 1.807) is 73.1 Å². The van der Waals surface area contributed by atoms with Gasteiger partial charge in [-0.05, 0) is 99.1 Å². The maximum Gasteiger partial charge on any atom is 0.259 e. The molecule has 3 heterocycles. The molecule has 0 unspecified atom stereocenters. The van der Waals surface area contributed by atoms with Crippen molar-refractivity contribution in [3.8, 4) is 16.2 Å². The molecule has 15 nitrogen and oxygen atoms in total. The number of hydrogen-bond donors (Lipinski definition) is 3. The molecule has 2 aliphatic heterocycles. The van der Waals surface area contributed by atoms with E-state index >= 15 is 4.39 Å². The van der Waals surface area contributed by atoms with Gasteiger partial charge in [0.05, 0.1) is 39.5 Å². The highest BCUT2D eigenvalue weighted by molar-refractivity contribution is 7.81. The SMILES string of the molecule is C/N=C/c1ccc(N2C(=O)C(C)(C)N(c3ccc(OCCCCOCCCOCC(=O)N[C@H](C(=O)N4C[C@H](O)C[C@H]4C(=O)NCc4ccc(-c5scnc5C)cc4)C(C)(C)C)c(F)c3)C2=S)cc1Cl. The van der Waals surface area contributed by atoms with E-state index < -0.39 is 46.8 Å². The minimum atomic E-state index is -1.10. The van der Waals surface area contributed by atoms with Crippen LogP contribution >= 0.6 is 35.2 Å². The van der Waals surface area contributed by atoms with Gasteiger partial charge >= 0.3 is 0 Å². The Morgan fingerprint density at radius 1 is 1.03 bits per heavy atom. The van der Waals surface area contributed by atoms with Crippen molar-refractivity contribution in [1.82, 2.24) is 20.5 Å². The molecule has 4 amide bonds. The van der Waals surface area contributed by atoms with Crippen LogP contribution < -0.4 is 25.2 Å². The van der Waals surface area contributed by atoms with Crippen LogP contribution in [0, 0.1) is 18.2 Å². The van der Waals surface area contributed by atoms with Crippen LogP contribution in [-0.2, 0) is 35.2 Å². The third-order valence-corrected chi connectivity index (χ3v) is 13.5. The van der Waals surface area contributed by atoms with Crippen molar-refractivity contribution < 1.29 is 42.9 Å². The number of rotatable bonds is 21. The maximum atomic E-state index is 15.4. The van der Waals surface area contributed by atoms with E-state index in [1.807, 2.05) is 52.0 Å². The number of carbonyl (C=O) groups is 4. The summed E-state index contributed by atoms with van der Waals surface area (Å²) < 4.78 is 32.4. The molecular weight excluding hydrogens is 945 g/mol. The van der Waals surface area contributed by atoms with Gasteiger partial charge in [-0.25, -0.2) is 9.37 Å². The maximum absolute atomic E-state index is 15.4. The number of aryl methyl sites for hydroxylation is 1. The first kappa shape index (κ1) is 53.0. The molecule has 2 aliphatic rings. The van der Waals surface area contributed by atoms with E-state index in [1.165, 1.54) is 21.9 Å². The summed E-state index contributed by atoms with van der Waals surface area (Å²) in [4.78, 5) is 67.7. The van der Waals surface area contributed by atoms with Crippen LogP contribution in [0.4, 0.5) is 15.8 Å². The Kier molecular flexibility index (Phi) is 18.0. The zero-order valence-corrected chi connectivity index (χ0v) is 42.4. The zero-order valence-electron chi connectivity index (χ0n) is 40.1. The summed E-state index contributed by atoms with van der Waals surface area (Å²) in [6.45, 7) is 12.2. The molecule has 1 aromatic heterocycles. The predicted octanol–water partition coefficient (Wildman–Crippen LogP) is 7.27. The van der Waals surface area contributed by atoms with Crippen LogP contribution in [0.3, 0.4) is 0 Å². The standard InChI is InChI=1S/C50H61ClFN7O8S2/c1-31-43(69-30-55-31)33-13-11-32(12-14-33)26-54-45(62)40-25-37(60)28-57(40)46(63)44(49(2,3)4)56-42(61)29-66-21-10-20-65-19-8-9-22-67-41-18-17-36(24-39(41)52)59-48(68)58(47(64)50(59,5)6)35-16-15-34(27-53-7)38(51)23-35/h11-18,23-24,27,30,37,40,44,60H,8-10,19-22,25-26,28-29H2,1-7H3,(H,54,62)(H,56,61)/b53-27+/t37-,40+,44-/m1/s1. The number of halogens is 2. The monoisotopic (exact) mass is 1010 g/mol. The Morgan fingerprint density at radius 3 is 2.39 bits per heavy atom. The van der Waals surface area contributed by atoms with Crippen molar-refractivity contribution in [2.75, 3.05) is 56.4 Å². The lowest BCUT2D eigenvalue weighted by atomic mass is 9.85. The molecule has 3 aromatic carbocycles. The number of ether oxygens (including phenoxy) is 3. The number of nitrogens with zero attached hydrogens (tertiary/aromatic N) is 5. The molecule has 3 atom stereocenters. The smallest absolute Gasteiger partial charge is 0.259 e. The topological polar surface area (TPSA) is 175 Å². The van der Waals surface area contributed by atoms with Crippen LogP contribution in [0.2, 0.25) is 5.02 Å². The lowest BCUT2D eigenvalue weighted by Crippen LogP contribution is -2.58. The second-order valence-corrected chi connectivity index (χ2v) is 20.2. The quantitative estimate of drug-likeness (QED) is 0.0435. The van der Waals surface area contributed by atoms with Crippen LogP contribution in [-0.4, -0.2) is 120 Å². The van der Waals surface area contributed by atoms with E-state index in [2.05, 4.69) is 20.6 Å². The van der Waals surface area contributed by atoms with E-state index in [0.717, 1.165) is 21.7 Å². The number of amides is 4. The summed E-state index contributed by atoms with van der Waals surface area (Å²) >= 11 is 13.8. The molecule has 69 heavy (non-hydrogen) atoms. The first-order valence-electron chi connectivity index (χ1n) is 22.8. The number of aliphatic imine (C=N–C) groups is 1. The highest BCUT2D eigenvalue weighted by Gasteiger charge is 2.50. The van der Waals surface area contributed by atoms with Gasteiger partial charge < -0.3 is 39.8 Å². The number of anilines is 2. The van der Waals surface area contributed by atoms with E-state index in [4.69, 9.17) is 38.0 Å². The van der Waals surface area contributed by atoms with E-state index in [9.17, 15) is 24.3 Å². The van der Waals surface area contributed by atoms with Crippen LogP contribution in [0.15, 0.2) is 71.2 Å². The molecular formula is C50H61ClFN7O8S2. The van der Waals surface area contributed by atoms with Crippen LogP contribution in [0.5, 0.6) is 5.75 Å². The van der Waals surface area contributed by atoms with Crippen molar-refractivity contribution in [2.24, 2.45) is 10.4 Å². The summed E-state index contributed by atoms with van der Waals surface area (Å²) in [5, 5.41) is 16.9. The van der Waals surface area contributed by atoms with Crippen molar-refractivity contribution >= 4 is 81.5 Å². The predicted molar refractivity (Wildman–Crippen MR) is 271 cm³/mol. The minimum absolute atomic E-state index is 0.0272. The molecule has 0 bridgehead atoms. The van der Waals surface area contributed by atoms with Crippen LogP contribution in [0.25, 0.3) is 10.4 Å². The van der Waals surface area contributed by atoms with E-state index in [0.29, 0.717) is 54.4 Å². The number of carbonyl (C=O) groups excluding carboxylic acids is 4. The van der Waals surface area contributed by atoms with Gasteiger partial charge in [-0.15, -0.1) is 11.3 Å². The molecule has 2 saturated heterocycles. The molecule has 0 spiro atoms. The van der Waals surface area contributed by atoms with Crippen molar-refractivity contribution in [3.05, 3.63) is 93.8 Å². The van der Waals surface area contributed by atoms with Gasteiger partial charge in [0.25, 0.3) is 5.91 Å². The number of unbranched alkanes of at least 4 members (excludes halogenated alkanes) is 1. The highest BCUT2D eigenvalue weighted by Crippen LogP contribution is 2.39. The summed E-state index contributed by atoms with van der Waals surface area (Å²) in [6.07, 6.45) is 2.61. The summed E-state index contributed by atoms with van der Waals surface area (Å²) in [7, 11) is 1.64. The van der Waals surface area contributed by atoms with Crippen molar-refractivity contribution in [1.29, 1.82) is 0 Å². The van der Waals surface area contributed by atoms with Gasteiger partial charge in [-0.1, -0.05) is 56.6 Å². The zero-order chi connectivity index (χ0) is 50.0. The number of likely N-dealkylation sites (tertiary alicyclic amines) is 1. The Bertz CT molecular complexity index is 2520. The van der Waals surface area contributed by atoms with Gasteiger partial charge in [0.1, 0.15) is 24.2 Å².